The first kappa shape index (κ1) is 7.21. The minimum atomic E-state index is -0.763. The van der Waals surface area contributed by atoms with Crippen molar-refractivity contribution in [3.8, 4) is 0 Å². The van der Waals surface area contributed by atoms with Gasteiger partial charge in [0.25, 0.3) is 0 Å². The first-order chi connectivity index (χ1) is 5.14. The molecule has 0 aromatic carbocycles. The second kappa shape index (κ2) is 2.03. The molecule has 2 saturated heterocycles. The van der Waals surface area contributed by atoms with E-state index in [2.05, 4.69) is 0 Å². The maximum atomic E-state index is 11.0. The molecule has 62 valence electrons. The Kier molecular flexibility index (Phi) is 1.33. The van der Waals surface area contributed by atoms with Gasteiger partial charge in [-0.1, -0.05) is 0 Å². The highest BCUT2D eigenvalue weighted by Gasteiger charge is 2.60. The molecule has 2 aliphatic heterocycles. The lowest BCUT2D eigenvalue weighted by Crippen LogP contribution is -2.64. The lowest BCUT2D eigenvalue weighted by molar-refractivity contribution is -0.291. The third-order valence-electron chi connectivity index (χ3n) is 2.33. The third-order valence-corrected chi connectivity index (χ3v) is 2.33. The number of carbonyl (C=O) groups is 1. The van der Waals surface area contributed by atoms with Crippen molar-refractivity contribution >= 4 is 5.78 Å². The Morgan fingerprint density at radius 1 is 1.55 bits per heavy atom. The van der Waals surface area contributed by atoms with Crippen molar-refractivity contribution in [3.05, 3.63) is 0 Å². The average molecular weight is 158 g/mol. The Bertz CT molecular complexity index is 203. The Balaban J connectivity index is 2.14. The van der Waals surface area contributed by atoms with Gasteiger partial charge < -0.3 is 14.2 Å². The van der Waals surface area contributed by atoms with Crippen molar-refractivity contribution in [2.75, 3.05) is 6.79 Å². The van der Waals surface area contributed by atoms with Crippen LogP contribution in [0.4, 0.5) is 0 Å². The van der Waals surface area contributed by atoms with E-state index >= 15 is 0 Å². The first-order valence-corrected chi connectivity index (χ1v) is 3.56. The minimum absolute atomic E-state index is 0.00995. The summed E-state index contributed by atoms with van der Waals surface area (Å²) in [6.07, 6.45) is -0.510. The van der Waals surface area contributed by atoms with E-state index in [1.165, 1.54) is 6.92 Å². The summed E-state index contributed by atoms with van der Waals surface area (Å²) in [6, 6.07) is 0. The van der Waals surface area contributed by atoms with Crippen LogP contribution in [0.1, 0.15) is 13.8 Å². The summed E-state index contributed by atoms with van der Waals surface area (Å²) in [5, 5.41) is 0. The molecule has 0 unspecified atom stereocenters. The van der Waals surface area contributed by atoms with Gasteiger partial charge >= 0.3 is 0 Å². The van der Waals surface area contributed by atoms with E-state index in [0.717, 1.165) is 0 Å². The molecular formula is C7H10O4. The minimum Gasteiger partial charge on any atom is -0.343 e. The Labute approximate surface area is 64.4 Å². The fraction of sp³-hybridized carbons (Fsp3) is 0.857. The van der Waals surface area contributed by atoms with E-state index in [-0.39, 0.29) is 25.0 Å². The molecule has 0 aromatic heterocycles. The first-order valence-electron chi connectivity index (χ1n) is 3.56. The second-order valence-electron chi connectivity index (χ2n) is 3.02. The van der Waals surface area contributed by atoms with Crippen LogP contribution in [-0.2, 0) is 19.0 Å². The Hall–Kier alpha value is -0.450. The van der Waals surface area contributed by atoms with E-state index in [1.807, 2.05) is 0 Å². The Morgan fingerprint density at radius 3 is 2.82 bits per heavy atom. The van der Waals surface area contributed by atoms with Gasteiger partial charge in [0.2, 0.25) is 0 Å². The monoisotopic (exact) mass is 158 g/mol. The van der Waals surface area contributed by atoms with Crippen molar-refractivity contribution in [3.63, 3.8) is 0 Å². The van der Waals surface area contributed by atoms with E-state index in [9.17, 15) is 4.79 Å². The van der Waals surface area contributed by atoms with Gasteiger partial charge in [-0.15, -0.1) is 0 Å². The van der Waals surface area contributed by atoms with Gasteiger partial charge in [0, 0.05) is 0 Å². The SMILES string of the molecule is CC(=O)[C@@]1(C)O[C@H]2OCO[C@H]21. The van der Waals surface area contributed by atoms with Crippen LogP contribution in [-0.4, -0.2) is 30.6 Å². The molecule has 3 atom stereocenters. The molecule has 0 N–H and O–H groups in total. The molecule has 0 saturated carbocycles. The highest BCUT2D eigenvalue weighted by atomic mass is 16.8. The predicted molar refractivity (Wildman–Crippen MR) is 34.8 cm³/mol. The van der Waals surface area contributed by atoms with E-state index in [0.29, 0.717) is 0 Å². The van der Waals surface area contributed by atoms with Crippen molar-refractivity contribution < 1.29 is 19.0 Å². The molecule has 2 heterocycles. The zero-order chi connectivity index (χ0) is 8.06. The van der Waals surface area contributed by atoms with Crippen molar-refractivity contribution in [2.45, 2.75) is 31.8 Å². The number of rotatable bonds is 1. The summed E-state index contributed by atoms with van der Waals surface area (Å²) in [4.78, 5) is 11.0. The van der Waals surface area contributed by atoms with Gasteiger partial charge in [0.15, 0.2) is 24.5 Å². The molecular weight excluding hydrogens is 148 g/mol. The number of ether oxygens (including phenoxy) is 3. The Morgan fingerprint density at radius 2 is 2.27 bits per heavy atom. The van der Waals surface area contributed by atoms with Crippen LogP contribution in [0.25, 0.3) is 0 Å². The van der Waals surface area contributed by atoms with E-state index < -0.39 is 5.60 Å². The van der Waals surface area contributed by atoms with Crippen molar-refractivity contribution in [1.29, 1.82) is 0 Å². The van der Waals surface area contributed by atoms with E-state index in [1.54, 1.807) is 6.92 Å². The fourth-order valence-electron chi connectivity index (χ4n) is 1.38. The quantitative estimate of drug-likeness (QED) is 0.541. The lowest BCUT2D eigenvalue weighted by Gasteiger charge is -2.44. The van der Waals surface area contributed by atoms with Gasteiger partial charge in [0.05, 0.1) is 0 Å². The summed E-state index contributed by atoms with van der Waals surface area (Å²) >= 11 is 0. The van der Waals surface area contributed by atoms with Gasteiger partial charge in [-0.3, -0.25) is 4.79 Å². The number of fused-ring (bicyclic) bond motifs is 1. The standard InChI is InChI=1S/C7H10O4/c1-4(8)7(2)5-6(11-7)10-3-9-5/h5-6H,3H2,1-2H3/t5-,6-,7-/m1/s1. The third kappa shape index (κ3) is 0.772. The van der Waals surface area contributed by atoms with Crippen molar-refractivity contribution in [2.24, 2.45) is 0 Å². The molecule has 2 rings (SSSR count). The molecule has 11 heavy (non-hydrogen) atoms. The maximum Gasteiger partial charge on any atom is 0.191 e. The maximum absolute atomic E-state index is 11.0. The summed E-state index contributed by atoms with van der Waals surface area (Å²) in [5.74, 6) is -0.00995. The van der Waals surface area contributed by atoms with Gasteiger partial charge in [-0.05, 0) is 13.8 Å². The predicted octanol–water partition coefficient (Wildman–Crippen LogP) is 0.0633. The van der Waals surface area contributed by atoms with Crippen LogP contribution in [0.5, 0.6) is 0 Å². The van der Waals surface area contributed by atoms with Crippen LogP contribution >= 0.6 is 0 Å². The molecule has 0 bridgehead atoms. The summed E-state index contributed by atoms with van der Waals surface area (Å²) in [5.41, 5.74) is -0.763. The molecule has 0 radical (unpaired) electrons. The number of carbonyl (C=O) groups excluding carboxylic acids is 1. The lowest BCUT2D eigenvalue weighted by atomic mass is 9.88. The van der Waals surface area contributed by atoms with Crippen LogP contribution < -0.4 is 0 Å². The molecule has 0 spiro atoms. The number of ketones is 1. The van der Waals surface area contributed by atoms with Gasteiger partial charge in [-0.25, -0.2) is 0 Å². The van der Waals surface area contributed by atoms with Crippen LogP contribution in [0.15, 0.2) is 0 Å². The van der Waals surface area contributed by atoms with Crippen LogP contribution in [0, 0.1) is 0 Å². The summed E-state index contributed by atoms with van der Waals surface area (Å²) < 4.78 is 15.4. The zero-order valence-corrected chi connectivity index (χ0v) is 6.49. The second-order valence-corrected chi connectivity index (χ2v) is 3.02. The molecule has 2 aliphatic rings. The largest absolute Gasteiger partial charge is 0.343 e. The molecule has 0 aromatic rings. The summed E-state index contributed by atoms with van der Waals surface area (Å²) in [7, 11) is 0. The molecule has 0 aliphatic carbocycles. The van der Waals surface area contributed by atoms with Crippen LogP contribution in [0.3, 0.4) is 0 Å². The normalized spacial score (nSPS) is 48.2. The van der Waals surface area contributed by atoms with Crippen molar-refractivity contribution in [1.82, 2.24) is 0 Å². The van der Waals surface area contributed by atoms with E-state index in [4.69, 9.17) is 14.2 Å². The highest BCUT2D eigenvalue weighted by molar-refractivity contribution is 5.86. The van der Waals surface area contributed by atoms with Gasteiger partial charge in [0.1, 0.15) is 6.10 Å². The molecule has 4 nitrogen and oxygen atoms in total. The number of Topliss-reactive ketones (excluding diaryl/α,β-unsaturated/α-hetero) is 1. The summed E-state index contributed by atoms with van der Waals surface area (Å²) in [6.45, 7) is 3.46. The smallest absolute Gasteiger partial charge is 0.191 e. The topological polar surface area (TPSA) is 44.8 Å². The average Bonchev–Trinajstić information content (AvgIpc) is 2.29. The number of hydrogen-bond acceptors (Lipinski definition) is 4. The molecule has 4 heteroatoms. The number of hydrogen-bond donors (Lipinski definition) is 0. The van der Waals surface area contributed by atoms with Gasteiger partial charge in [-0.2, -0.15) is 0 Å². The highest BCUT2D eigenvalue weighted by Crippen LogP contribution is 2.40. The van der Waals surface area contributed by atoms with Crippen LogP contribution in [0.2, 0.25) is 0 Å². The fourth-order valence-corrected chi connectivity index (χ4v) is 1.38. The zero-order valence-electron chi connectivity index (χ0n) is 6.49. The molecule has 2 fully saturated rings. The molecule has 0 amide bonds.